The molecule has 0 radical (unpaired) electrons. The molecule has 9 heteroatoms. The van der Waals surface area contributed by atoms with E-state index in [1.807, 2.05) is 19.1 Å². The number of nitrogens with one attached hydrogen (secondary N) is 1. The third-order valence-corrected chi connectivity index (χ3v) is 9.20. The van der Waals surface area contributed by atoms with Crippen molar-refractivity contribution in [2.24, 2.45) is 11.7 Å². The zero-order chi connectivity index (χ0) is 24.3. The number of nitrogens with two attached hydrogens (primary N) is 2. The fourth-order valence-electron chi connectivity index (χ4n) is 5.94. The molecule has 3 aromatic rings. The van der Waals surface area contributed by atoms with Gasteiger partial charge < -0.3 is 26.4 Å². The molecular formula is C26H32N6O2S. The van der Waals surface area contributed by atoms with Crippen LogP contribution in [-0.4, -0.2) is 53.3 Å². The van der Waals surface area contributed by atoms with Crippen LogP contribution in [0.25, 0.3) is 10.2 Å². The van der Waals surface area contributed by atoms with Crippen molar-refractivity contribution in [2.75, 3.05) is 30.3 Å². The Morgan fingerprint density at radius 1 is 1.26 bits per heavy atom. The Morgan fingerprint density at radius 3 is 2.91 bits per heavy atom. The van der Waals surface area contributed by atoms with Gasteiger partial charge in [-0.15, -0.1) is 11.3 Å². The second kappa shape index (κ2) is 8.43. The smallest absolute Gasteiger partial charge is 0.263 e. The molecule has 35 heavy (non-hydrogen) atoms. The van der Waals surface area contributed by atoms with Gasteiger partial charge in [0.1, 0.15) is 21.1 Å². The van der Waals surface area contributed by atoms with Gasteiger partial charge in [-0.05, 0) is 62.3 Å². The molecule has 4 atom stereocenters. The first-order valence-corrected chi connectivity index (χ1v) is 13.3. The fraction of sp³-hybridized carbons (Fsp3) is 0.500. The number of anilines is 2. The summed E-state index contributed by atoms with van der Waals surface area (Å²) in [5.41, 5.74) is 16.3. The molecule has 0 aromatic carbocycles. The fourth-order valence-corrected chi connectivity index (χ4v) is 6.98. The number of amides is 1. The highest BCUT2D eigenvalue weighted by atomic mass is 32.1. The average Bonchev–Trinajstić information content (AvgIpc) is 3.49. The van der Waals surface area contributed by atoms with Crippen LogP contribution in [0.4, 0.5) is 11.5 Å². The van der Waals surface area contributed by atoms with Crippen LogP contribution in [0.1, 0.15) is 46.4 Å². The van der Waals surface area contributed by atoms with E-state index in [0.29, 0.717) is 16.5 Å². The number of ether oxygens (including phenoxy) is 1. The van der Waals surface area contributed by atoms with Crippen LogP contribution in [-0.2, 0) is 17.6 Å². The van der Waals surface area contributed by atoms with Gasteiger partial charge in [-0.25, -0.2) is 9.97 Å². The number of aromatic nitrogens is 2. The third kappa shape index (κ3) is 3.77. The van der Waals surface area contributed by atoms with Crippen LogP contribution in [0, 0.1) is 12.8 Å². The summed E-state index contributed by atoms with van der Waals surface area (Å²) in [6.07, 6.45) is 3.51. The highest BCUT2D eigenvalue weighted by Crippen LogP contribution is 2.40. The van der Waals surface area contributed by atoms with Gasteiger partial charge >= 0.3 is 0 Å². The topological polar surface area (TPSA) is 119 Å². The predicted octanol–water partition coefficient (Wildman–Crippen LogP) is 2.81. The number of nitrogens with zero attached hydrogens (tertiary/aromatic N) is 3. The number of aryl methyl sites for hydroxylation is 2. The number of hydrogen-bond acceptors (Lipinski definition) is 8. The molecule has 6 rings (SSSR count). The highest BCUT2D eigenvalue weighted by molar-refractivity contribution is 7.21. The lowest BCUT2D eigenvalue weighted by Crippen LogP contribution is -2.50. The van der Waals surface area contributed by atoms with E-state index in [0.717, 1.165) is 72.8 Å². The molecule has 1 amide bonds. The standard InChI is InChI=1S/C26H32N6O2S/c1-14-9-10-34-26(14)13-32(12-20(26)27)21-8-4-16-11-17(5-7-19(16)31-21)30-24(33)23-22(28)18-6-3-15(2)29-25(18)35-23/h3-4,6,8,14,17,20H,5,7,9-13,27-28H2,1-2H3,(H,30,33)/t14-,17-,20-,26-/m0/s1. The van der Waals surface area contributed by atoms with Crippen molar-refractivity contribution < 1.29 is 9.53 Å². The van der Waals surface area contributed by atoms with Gasteiger partial charge in [0.2, 0.25) is 0 Å². The summed E-state index contributed by atoms with van der Waals surface area (Å²) in [7, 11) is 0. The normalized spacial score (nSPS) is 28.1. The predicted molar refractivity (Wildman–Crippen MR) is 139 cm³/mol. The van der Waals surface area contributed by atoms with Gasteiger partial charge in [-0.3, -0.25) is 4.79 Å². The van der Waals surface area contributed by atoms with Crippen LogP contribution >= 0.6 is 11.3 Å². The maximum Gasteiger partial charge on any atom is 0.263 e. The summed E-state index contributed by atoms with van der Waals surface area (Å²) in [6.45, 7) is 6.53. The van der Waals surface area contributed by atoms with Crippen molar-refractivity contribution in [3.05, 3.63) is 46.1 Å². The number of fused-ring (bicyclic) bond motifs is 2. The van der Waals surface area contributed by atoms with Gasteiger partial charge in [0.05, 0.1) is 18.3 Å². The minimum absolute atomic E-state index is 0.00197. The Morgan fingerprint density at radius 2 is 2.11 bits per heavy atom. The first-order valence-electron chi connectivity index (χ1n) is 12.4. The summed E-state index contributed by atoms with van der Waals surface area (Å²) in [5, 5.41) is 4.04. The molecule has 8 nitrogen and oxygen atoms in total. The molecule has 3 aliphatic rings. The van der Waals surface area contributed by atoms with Gasteiger partial charge in [-0.1, -0.05) is 13.0 Å². The minimum Gasteiger partial charge on any atom is -0.397 e. The first-order chi connectivity index (χ1) is 16.8. The second-order valence-electron chi connectivity index (χ2n) is 10.3. The van der Waals surface area contributed by atoms with E-state index in [9.17, 15) is 4.79 Å². The molecule has 1 aliphatic carbocycles. The monoisotopic (exact) mass is 492 g/mol. The molecule has 1 spiro atoms. The van der Waals surface area contributed by atoms with E-state index in [2.05, 4.69) is 34.3 Å². The molecule has 0 bridgehead atoms. The van der Waals surface area contributed by atoms with Crippen molar-refractivity contribution in [3.8, 4) is 0 Å². The number of carbonyl (C=O) groups excluding carboxylic acids is 1. The largest absolute Gasteiger partial charge is 0.397 e. The average molecular weight is 493 g/mol. The van der Waals surface area contributed by atoms with Crippen molar-refractivity contribution in [1.29, 1.82) is 0 Å². The van der Waals surface area contributed by atoms with Crippen molar-refractivity contribution >= 4 is 39.0 Å². The summed E-state index contributed by atoms with van der Waals surface area (Å²) < 4.78 is 6.16. The van der Waals surface area contributed by atoms with E-state index < -0.39 is 0 Å². The van der Waals surface area contributed by atoms with Crippen LogP contribution in [0.15, 0.2) is 24.3 Å². The van der Waals surface area contributed by atoms with Gasteiger partial charge in [0.15, 0.2) is 0 Å². The first kappa shape index (κ1) is 22.7. The van der Waals surface area contributed by atoms with Crippen molar-refractivity contribution in [3.63, 3.8) is 0 Å². The molecule has 2 fully saturated rings. The van der Waals surface area contributed by atoms with Crippen LogP contribution in [0.2, 0.25) is 0 Å². The summed E-state index contributed by atoms with van der Waals surface area (Å²) in [5.74, 6) is 1.31. The highest BCUT2D eigenvalue weighted by Gasteiger charge is 2.52. The Bertz CT molecular complexity index is 1310. The summed E-state index contributed by atoms with van der Waals surface area (Å²) in [4.78, 5) is 26.2. The van der Waals surface area contributed by atoms with E-state index in [-0.39, 0.29) is 23.6 Å². The Labute approximate surface area is 209 Å². The van der Waals surface area contributed by atoms with E-state index in [1.54, 1.807) is 0 Å². The minimum atomic E-state index is -0.254. The van der Waals surface area contributed by atoms with E-state index in [1.165, 1.54) is 16.9 Å². The molecule has 2 aliphatic heterocycles. The number of thiophene rings is 1. The molecule has 5 N–H and O–H groups in total. The van der Waals surface area contributed by atoms with Gasteiger partial charge in [0.25, 0.3) is 5.91 Å². The Hall–Kier alpha value is -2.75. The molecule has 5 heterocycles. The van der Waals surface area contributed by atoms with E-state index in [4.69, 9.17) is 21.2 Å². The zero-order valence-electron chi connectivity index (χ0n) is 20.2. The van der Waals surface area contributed by atoms with Crippen molar-refractivity contribution in [2.45, 2.75) is 57.2 Å². The SMILES string of the molecule is Cc1ccc2c(N)c(C(=O)N[C@H]3CCc4nc(N5C[C@H](N)[C@@]6(C5)OCC[C@@H]6C)ccc4C3)sc2n1. The molecule has 3 aromatic heterocycles. The third-order valence-electron chi connectivity index (χ3n) is 8.09. The maximum absolute atomic E-state index is 13.1. The lowest BCUT2D eigenvalue weighted by Gasteiger charge is -2.31. The quantitative estimate of drug-likeness (QED) is 0.514. The summed E-state index contributed by atoms with van der Waals surface area (Å²) in [6, 6.07) is 8.16. The lowest BCUT2D eigenvalue weighted by atomic mass is 9.85. The molecular weight excluding hydrogens is 460 g/mol. The Kier molecular flexibility index (Phi) is 5.47. The lowest BCUT2D eigenvalue weighted by molar-refractivity contribution is -0.0109. The maximum atomic E-state index is 13.1. The van der Waals surface area contributed by atoms with E-state index >= 15 is 0 Å². The second-order valence-corrected chi connectivity index (χ2v) is 11.3. The van der Waals surface area contributed by atoms with Crippen LogP contribution < -0.4 is 21.7 Å². The number of nitrogen functional groups attached to an aromatic ring is 1. The molecule has 0 saturated carbocycles. The molecule has 184 valence electrons. The van der Waals surface area contributed by atoms with Crippen LogP contribution in [0.3, 0.4) is 0 Å². The van der Waals surface area contributed by atoms with Crippen LogP contribution in [0.5, 0.6) is 0 Å². The van der Waals surface area contributed by atoms with Gasteiger partial charge in [-0.2, -0.15) is 0 Å². The number of hydrogen-bond donors (Lipinski definition) is 3. The zero-order valence-corrected chi connectivity index (χ0v) is 21.0. The van der Waals surface area contributed by atoms with Gasteiger partial charge in [0, 0.05) is 36.0 Å². The Balaban J connectivity index is 1.15. The molecule has 2 saturated heterocycles. The number of pyridine rings is 2. The number of carbonyl (C=O) groups is 1. The summed E-state index contributed by atoms with van der Waals surface area (Å²) >= 11 is 1.36. The molecule has 0 unspecified atom stereocenters. The van der Waals surface area contributed by atoms with Crippen molar-refractivity contribution in [1.82, 2.24) is 15.3 Å². The number of rotatable bonds is 3.